The molecule has 1 saturated heterocycles. The third kappa shape index (κ3) is 3.60. The molecule has 7 nitrogen and oxygen atoms in total. The van der Waals surface area contributed by atoms with Gasteiger partial charge in [-0.3, -0.25) is 4.79 Å². The Morgan fingerprint density at radius 2 is 1.93 bits per heavy atom. The van der Waals surface area contributed by atoms with Gasteiger partial charge in [-0.2, -0.15) is 15.0 Å². The number of pyridine rings is 1. The van der Waals surface area contributed by atoms with Crippen molar-refractivity contribution in [3.8, 4) is 5.69 Å². The first-order valence-corrected chi connectivity index (χ1v) is 9.59. The van der Waals surface area contributed by atoms with Crippen LogP contribution in [0.4, 0.5) is 5.82 Å². The standard InChI is InChI=1S/C21H24N6O/c1-15-9-10-20(22-14-15)25-18-7-5-13-26(16(18)2)21(28)17-6-3-4-8-19(17)27-23-11-12-24-27/h3-4,6,8-12,14,16,18H,5,7,13H2,1-2H3,(H,22,25)/t16-,18+/m1/s1. The Bertz CT molecular complexity index is 938. The number of likely N-dealkylation sites (tertiary alicyclic amines) is 1. The van der Waals surface area contributed by atoms with Gasteiger partial charge in [0, 0.05) is 24.8 Å². The summed E-state index contributed by atoms with van der Waals surface area (Å²) in [5, 5.41) is 11.9. The highest BCUT2D eigenvalue weighted by molar-refractivity contribution is 5.98. The number of piperidine rings is 1. The van der Waals surface area contributed by atoms with Crippen molar-refractivity contribution in [2.75, 3.05) is 11.9 Å². The van der Waals surface area contributed by atoms with Crippen molar-refractivity contribution in [3.63, 3.8) is 0 Å². The largest absolute Gasteiger partial charge is 0.365 e. The van der Waals surface area contributed by atoms with E-state index in [2.05, 4.69) is 27.4 Å². The van der Waals surface area contributed by atoms with Crippen LogP contribution in [0.25, 0.3) is 5.69 Å². The van der Waals surface area contributed by atoms with Gasteiger partial charge >= 0.3 is 0 Å². The summed E-state index contributed by atoms with van der Waals surface area (Å²) in [4.78, 5) is 21.3. The highest BCUT2D eigenvalue weighted by Gasteiger charge is 2.32. The van der Waals surface area contributed by atoms with Crippen LogP contribution in [-0.4, -0.2) is 49.4 Å². The molecule has 1 aromatic carbocycles. The number of nitrogens with one attached hydrogen (secondary N) is 1. The number of para-hydroxylation sites is 1. The van der Waals surface area contributed by atoms with Gasteiger partial charge in [-0.25, -0.2) is 4.98 Å². The summed E-state index contributed by atoms with van der Waals surface area (Å²) < 4.78 is 0. The van der Waals surface area contributed by atoms with Crippen molar-refractivity contribution in [3.05, 3.63) is 66.1 Å². The average molecular weight is 376 g/mol. The second-order valence-electron chi connectivity index (χ2n) is 7.19. The van der Waals surface area contributed by atoms with E-state index in [4.69, 9.17) is 0 Å². The third-order valence-corrected chi connectivity index (χ3v) is 5.26. The molecular weight excluding hydrogens is 352 g/mol. The third-order valence-electron chi connectivity index (χ3n) is 5.26. The lowest BCUT2D eigenvalue weighted by molar-refractivity contribution is 0.0616. The lowest BCUT2D eigenvalue weighted by Crippen LogP contribution is -2.52. The summed E-state index contributed by atoms with van der Waals surface area (Å²) in [6, 6.07) is 11.7. The fourth-order valence-electron chi connectivity index (χ4n) is 3.69. The van der Waals surface area contributed by atoms with Crippen LogP contribution in [0.15, 0.2) is 55.0 Å². The maximum Gasteiger partial charge on any atom is 0.256 e. The van der Waals surface area contributed by atoms with Crippen LogP contribution in [0, 0.1) is 6.92 Å². The number of amides is 1. The Morgan fingerprint density at radius 3 is 2.68 bits per heavy atom. The van der Waals surface area contributed by atoms with Gasteiger partial charge in [0.05, 0.1) is 23.6 Å². The molecule has 4 rings (SSSR count). The summed E-state index contributed by atoms with van der Waals surface area (Å²) in [5.74, 6) is 0.849. The van der Waals surface area contributed by atoms with Crippen molar-refractivity contribution >= 4 is 11.7 Å². The Kier molecular flexibility index (Phi) is 5.06. The first kappa shape index (κ1) is 18.2. The van der Waals surface area contributed by atoms with Gasteiger partial charge in [0.1, 0.15) is 5.82 Å². The quantitative estimate of drug-likeness (QED) is 0.757. The van der Waals surface area contributed by atoms with Gasteiger partial charge in [-0.1, -0.05) is 18.2 Å². The van der Waals surface area contributed by atoms with Crippen LogP contribution < -0.4 is 5.32 Å². The maximum atomic E-state index is 13.4. The molecule has 0 unspecified atom stereocenters. The number of rotatable bonds is 4. The molecular formula is C21H24N6O. The molecule has 1 N–H and O–H groups in total. The van der Waals surface area contributed by atoms with Crippen molar-refractivity contribution in [1.29, 1.82) is 0 Å². The van der Waals surface area contributed by atoms with Gasteiger partial charge in [0.15, 0.2) is 0 Å². The molecule has 1 aliphatic heterocycles. The number of hydrogen-bond acceptors (Lipinski definition) is 5. The van der Waals surface area contributed by atoms with E-state index < -0.39 is 0 Å². The molecule has 144 valence electrons. The summed E-state index contributed by atoms with van der Waals surface area (Å²) >= 11 is 0. The summed E-state index contributed by atoms with van der Waals surface area (Å²) in [6.07, 6.45) is 7.02. The highest BCUT2D eigenvalue weighted by Crippen LogP contribution is 2.24. The first-order chi connectivity index (χ1) is 13.6. The molecule has 3 aromatic rings. The van der Waals surface area contributed by atoms with E-state index in [0.717, 1.165) is 30.8 Å². The summed E-state index contributed by atoms with van der Waals surface area (Å²) in [6.45, 7) is 4.85. The molecule has 0 aliphatic carbocycles. The topological polar surface area (TPSA) is 75.9 Å². The fourth-order valence-corrected chi connectivity index (χ4v) is 3.69. The zero-order valence-electron chi connectivity index (χ0n) is 16.1. The number of carbonyl (C=O) groups is 1. The number of hydrogen-bond donors (Lipinski definition) is 1. The van der Waals surface area contributed by atoms with Crippen molar-refractivity contribution in [2.45, 2.75) is 38.8 Å². The van der Waals surface area contributed by atoms with Crippen LogP contribution in [0.5, 0.6) is 0 Å². The Balaban J connectivity index is 1.56. The van der Waals surface area contributed by atoms with Gasteiger partial charge in [0.25, 0.3) is 5.91 Å². The molecule has 1 amide bonds. The minimum atomic E-state index is 0.00349. The Labute approximate surface area is 164 Å². The van der Waals surface area contributed by atoms with Gasteiger partial charge in [-0.05, 0) is 50.5 Å². The maximum absolute atomic E-state index is 13.4. The number of nitrogens with zero attached hydrogens (tertiary/aromatic N) is 5. The van der Waals surface area contributed by atoms with Gasteiger partial charge < -0.3 is 10.2 Å². The number of benzene rings is 1. The van der Waals surface area contributed by atoms with E-state index in [1.165, 1.54) is 4.80 Å². The number of carbonyl (C=O) groups excluding carboxylic acids is 1. The van der Waals surface area contributed by atoms with Crippen LogP contribution >= 0.6 is 0 Å². The Morgan fingerprint density at radius 1 is 1.14 bits per heavy atom. The summed E-state index contributed by atoms with van der Waals surface area (Å²) in [5.41, 5.74) is 2.43. The molecule has 0 radical (unpaired) electrons. The molecule has 3 heterocycles. The fraction of sp³-hybridized carbons (Fsp3) is 0.333. The van der Waals surface area contributed by atoms with E-state index >= 15 is 0 Å². The minimum absolute atomic E-state index is 0.00349. The Hall–Kier alpha value is -3.22. The molecule has 0 bridgehead atoms. The van der Waals surface area contributed by atoms with E-state index in [0.29, 0.717) is 11.3 Å². The van der Waals surface area contributed by atoms with Crippen LogP contribution in [0.1, 0.15) is 35.7 Å². The van der Waals surface area contributed by atoms with E-state index in [-0.39, 0.29) is 18.0 Å². The predicted octanol–water partition coefficient (Wildman–Crippen LogP) is 3.08. The molecule has 28 heavy (non-hydrogen) atoms. The van der Waals surface area contributed by atoms with Crippen molar-refractivity contribution < 1.29 is 4.79 Å². The zero-order chi connectivity index (χ0) is 19.5. The lowest BCUT2D eigenvalue weighted by Gasteiger charge is -2.40. The number of aryl methyl sites for hydroxylation is 1. The average Bonchev–Trinajstić information content (AvgIpc) is 3.25. The minimum Gasteiger partial charge on any atom is -0.365 e. The number of aromatic nitrogens is 4. The van der Waals surface area contributed by atoms with Crippen molar-refractivity contribution in [2.24, 2.45) is 0 Å². The second-order valence-corrected chi connectivity index (χ2v) is 7.19. The zero-order valence-corrected chi connectivity index (χ0v) is 16.1. The van der Waals surface area contributed by atoms with Crippen LogP contribution in [0.3, 0.4) is 0 Å². The summed E-state index contributed by atoms with van der Waals surface area (Å²) in [7, 11) is 0. The molecule has 2 aromatic heterocycles. The molecule has 7 heteroatoms. The van der Waals surface area contributed by atoms with Crippen molar-refractivity contribution in [1.82, 2.24) is 24.9 Å². The van der Waals surface area contributed by atoms with E-state index in [1.54, 1.807) is 12.4 Å². The lowest BCUT2D eigenvalue weighted by atomic mass is 9.96. The molecule has 1 fully saturated rings. The molecule has 0 spiro atoms. The number of anilines is 1. The van der Waals surface area contributed by atoms with Gasteiger partial charge in [0.2, 0.25) is 0 Å². The smallest absolute Gasteiger partial charge is 0.256 e. The monoisotopic (exact) mass is 376 g/mol. The molecule has 0 saturated carbocycles. The second kappa shape index (κ2) is 7.80. The van der Waals surface area contributed by atoms with E-state index in [9.17, 15) is 4.79 Å². The normalized spacial score (nSPS) is 19.4. The van der Waals surface area contributed by atoms with Gasteiger partial charge in [-0.15, -0.1) is 0 Å². The predicted molar refractivity (Wildman–Crippen MR) is 107 cm³/mol. The molecule has 1 aliphatic rings. The highest BCUT2D eigenvalue weighted by atomic mass is 16.2. The molecule has 2 atom stereocenters. The van der Waals surface area contributed by atoms with E-state index in [1.807, 2.05) is 54.4 Å². The first-order valence-electron chi connectivity index (χ1n) is 9.59. The van der Waals surface area contributed by atoms with Crippen LogP contribution in [0.2, 0.25) is 0 Å². The van der Waals surface area contributed by atoms with Crippen LogP contribution in [-0.2, 0) is 0 Å². The SMILES string of the molecule is Cc1ccc(N[C@H]2CCCN(C(=O)c3ccccc3-n3nccn3)[C@@H]2C)nc1.